The number of rotatable bonds is 28. The van der Waals surface area contributed by atoms with Gasteiger partial charge in [-0.2, -0.15) is 0 Å². The van der Waals surface area contributed by atoms with E-state index in [4.69, 9.17) is 29.4 Å². The van der Waals surface area contributed by atoms with Crippen LogP contribution in [0.3, 0.4) is 0 Å². The quantitative estimate of drug-likeness (QED) is 0.168. The van der Waals surface area contributed by atoms with Crippen molar-refractivity contribution in [2.24, 2.45) is 5.73 Å². The molecule has 0 atom stereocenters. The maximum Gasteiger partial charge on any atom is 0.0701 e. The molecule has 0 spiro atoms. The van der Waals surface area contributed by atoms with E-state index in [0.717, 1.165) is 13.0 Å². The fraction of sp³-hybridized carbons (Fsp3) is 1.00. The molecule has 0 saturated carbocycles. The predicted octanol–water partition coefficient (Wildman–Crippen LogP) is 5.12. The summed E-state index contributed by atoms with van der Waals surface area (Å²) in [6.45, 7) is 9.08. The molecule has 0 saturated heterocycles. The molecule has 0 aromatic carbocycles. The van der Waals surface area contributed by atoms with Gasteiger partial charge in [-0.3, -0.25) is 0 Å². The number of hydrogen-bond acceptors (Lipinski definition) is 6. The average molecular weight is 448 g/mol. The zero-order valence-electron chi connectivity index (χ0n) is 20.6. The molecule has 6 nitrogen and oxygen atoms in total. The van der Waals surface area contributed by atoms with E-state index in [0.29, 0.717) is 66.0 Å². The molecule has 0 aromatic rings. The predicted molar refractivity (Wildman–Crippen MR) is 129 cm³/mol. The fourth-order valence-corrected chi connectivity index (χ4v) is 3.29. The number of hydrogen-bond donors (Lipinski definition) is 1. The van der Waals surface area contributed by atoms with Crippen LogP contribution in [0.4, 0.5) is 0 Å². The number of nitrogens with two attached hydrogens (primary N) is 1. The van der Waals surface area contributed by atoms with Crippen molar-refractivity contribution >= 4 is 0 Å². The van der Waals surface area contributed by atoms with E-state index >= 15 is 0 Å². The van der Waals surface area contributed by atoms with Crippen molar-refractivity contribution in [2.45, 2.75) is 90.4 Å². The molecule has 31 heavy (non-hydrogen) atoms. The van der Waals surface area contributed by atoms with Gasteiger partial charge in [0.2, 0.25) is 0 Å². The van der Waals surface area contributed by atoms with Crippen LogP contribution in [0.5, 0.6) is 0 Å². The lowest BCUT2D eigenvalue weighted by atomic mass is 10.0. The molecule has 0 aromatic heterocycles. The fourth-order valence-electron chi connectivity index (χ4n) is 3.29. The zero-order chi connectivity index (χ0) is 22.5. The molecule has 2 N–H and O–H groups in total. The summed E-state index contributed by atoms with van der Waals surface area (Å²) >= 11 is 0. The maximum atomic E-state index is 5.63. The van der Waals surface area contributed by atoms with Gasteiger partial charge in [-0.25, -0.2) is 0 Å². The molecule has 0 amide bonds. The van der Waals surface area contributed by atoms with Gasteiger partial charge in [0.15, 0.2) is 0 Å². The lowest BCUT2D eigenvalue weighted by molar-refractivity contribution is -0.0107. The van der Waals surface area contributed by atoms with Crippen molar-refractivity contribution in [3.63, 3.8) is 0 Å². The van der Waals surface area contributed by atoms with Crippen LogP contribution in [0, 0.1) is 0 Å². The Morgan fingerprint density at radius 3 is 1.00 bits per heavy atom. The first kappa shape index (κ1) is 30.8. The summed E-state index contributed by atoms with van der Waals surface area (Å²) in [6, 6.07) is 0. The number of ether oxygens (including phenoxy) is 5. The van der Waals surface area contributed by atoms with Crippen LogP contribution in [-0.2, 0) is 23.7 Å². The maximum absolute atomic E-state index is 5.63. The van der Waals surface area contributed by atoms with Crippen molar-refractivity contribution < 1.29 is 23.7 Å². The largest absolute Gasteiger partial charge is 0.379 e. The topological polar surface area (TPSA) is 72.2 Å². The molecular weight excluding hydrogens is 394 g/mol. The van der Waals surface area contributed by atoms with Crippen LogP contribution >= 0.6 is 0 Å². The third-order valence-electron chi connectivity index (χ3n) is 5.14. The second-order valence-electron chi connectivity index (χ2n) is 8.09. The van der Waals surface area contributed by atoms with Crippen LogP contribution in [0.1, 0.15) is 90.4 Å². The highest BCUT2D eigenvalue weighted by Gasteiger charge is 1.95. The van der Waals surface area contributed by atoms with Crippen LogP contribution in [0.15, 0.2) is 0 Å². The van der Waals surface area contributed by atoms with Gasteiger partial charge in [-0.15, -0.1) is 0 Å². The van der Waals surface area contributed by atoms with E-state index in [-0.39, 0.29) is 0 Å². The molecule has 0 aliphatic heterocycles. The molecule has 0 bridgehead atoms. The van der Waals surface area contributed by atoms with Gasteiger partial charge >= 0.3 is 0 Å². The molecule has 0 aliphatic rings. The van der Waals surface area contributed by atoms with E-state index in [1.165, 1.54) is 77.0 Å². The van der Waals surface area contributed by atoms with Crippen molar-refractivity contribution in [3.8, 4) is 0 Å². The standard InChI is InChI=1S/C25H53NO5/c1-2-3-4-5-6-7-8-9-10-11-12-13-14-16-27-18-20-29-22-24-31-25-23-30-21-19-28-17-15-26/h2-26H2,1H3. The zero-order valence-corrected chi connectivity index (χ0v) is 20.6. The Morgan fingerprint density at radius 2 is 0.645 bits per heavy atom. The molecule has 6 heteroatoms. The van der Waals surface area contributed by atoms with Gasteiger partial charge in [0.05, 0.1) is 59.5 Å². The van der Waals surface area contributed by atoms with E-state index < -0.39 is 0 Å². The Morgan fingerprint density at radius 1 is 0.355 bits per heavy atom. The summed E-state index contributed by atoms with van der Waals surface area (Å²) in [7, 11) is 0. The molecule has 188 valence electrons. The van der Waals surface area contributed by atoms with Crippen LogP contribution in [0.25, 0.3) is 0 Å². The second kappa shape index (κ2) is 29.8. The lowest BCUT2D eigenvalue weighted by Crippen LogP contribution is -2.14. The van der Waals surface area contributed by atoms with Crippen LogP contribution < -0.4 is 5.73 Å². The summed E-state index contributed by atoms with van der Waals surface area (Å²) in [6.07, 6.45) is 17.9. The molecule has 0 aliphatic carbocycles. The summed E-state index contributed by atoms with van der Waals surface area (Å²) in [5, 5.41) is 0. The minimum atomic E-state index is 0.549. The first-order valence-electron chi connectivity index (χ1n) is 13.0. The first-order chi connectivity index (χ1) is 15.4. The van der Waals surface area contributed by atoms with Gasteiger partial charge in [0.1, 0.15) is 0 Å². The van der Waals surface area contributed by atoms with Crippen molar-refractivity contribution in [1.29, 1.82) is 0 Å². The van der Waals surface area contributed by atoms with Crippen LogP contribution in [-0.4, -0.2) is 72.6 Å². The Kier molecular flexibility index (Phi) is 29.5. The van der Waals surface area contributed by atoms with Gasteiger partial charge < -0.3 is 29.4 Å². The highest BCUT2D eigenvalue weighted by Crippen LogP contribution is 2.12. The molecule has 0 radical (unpaired) electrons. The minimum Gasteiger partial charge on any atom is -0.379 e. The Balaban J connectivity index is 2.98. The minimum absolute atomic E-state index is 0.549. The summed E-state index contributed by atoms with van der Waals surface area (Å²) in [4.78, 5) is 0. The smallest absolute Gasteiger partial charge is 0.0701 e. The normalized spacial score (nSPS) is 11.4. The van der Waals surface area contributed by atoms with Crippen molar-refractivity contribution in [2.75, 3.05) is 72.6 Å². The summed E-state index contributed by atoms with van der Waals surface area (Å²) in [5.41, 5.74) is 5.33. The van der Waals surface area contributed by atoms with Crippen LogP contribution in [0.2, 0.25) is 0 Å². The SMILES string of the molecule is CCCCCCCCCCCCCCCOCCOCCOCCOCCOCCN. The van der Waals surface area contributed by atoms with E-state index in [1.54, 1.807) is 0 Å². The Bertz CT molecular complexity index is 280. The first-order valence-corrected chi connectivity index (χ1v) is 13.0. The molecule has 0 fully saturated rings. The lowest BCUT2D eigenvalue weighted by Gasteiger charge is -2.08. The van der Waals surface area contributed by atoms with Gasteiger partial charge in [0, 0.05) is 13.2 Å². The number of unbranched alkanes of at least 4 members (excludes halogenated alkanes) is 12. The van der Waals surface area contributed by atoms with E-state index in [2.05, 4.69) is 6.92 Å². The highest BCUT2D eigenvalue weighted by molar-refractivity contribution is 4.49. The highest BCUT2D eigenvalue weighted by atomic mass is 16.6. The van der Waals surface area contributed by atoms with Gasteiger partial charge in [-0.05, 0) is 6.42 Å². The third kappa shape index (κ3) is 29.8. The molecular formula is C25H53NO5. The molecule has 0 rings (SSSR count). The van der Waals surface area contributed by atoms with Crippen molar-refractivity contribution in [3.05, 3.63) is 0 Å². The monoisotopic (exact) mass is 447 g/mol. The summed E-state index contributed by atoms with van der Waals surface area (Å²) in [5.74, 6) is 0. The Labute approximate surface area is 192 Å². The van der Waals surface area contributed by atoms with Gasteiger partial charge in [0.25, 0.3) is 0 Å². The molecule has 0 unspecified atom stereocenters. The van der Waals surface area contributed by atoms with Gasteiger partial charge in [-0.1, -0.05) is 84.0 Å². The molecule has 0 heterocycles. The Hall–Kier alpha value is -0.240. The van der Waals surface area contributed by atoms with E-state index in [1.807, 2.05) is 0 Å². The summed E-state index contributed by atoms with van der Waals surface area (Å²) < 4.78 is 27.2. The average Bonchev–Trinajstić information content (AvgIpc) is 2.78. The second-order valence-corrected chi connectivity index (χ2v) is 8.09. The van der Waals surface area contributed by atoms with E-state index in [9.17, 15) is 0 Å². The third-order valence-corrected chi connectivity index (χ3v) is 5.14. The van der Waals surface area contributed by atoms with Crippen molar-refractivity contribution in [1.82, 2.24) is 0 Å².